The van der Waals surface area contributed by atoms with Gasteiger partial charge in [-0.1, -0.05) is 54.1 Å². The number of halogens is 1. The number of amides is 2. The molecule has 0 aliphatic heterocycles. The minimum absolute atomic E-state index is 0.258. The van der Waals surface area contributed by atoms with Crippen molar-refractivity contribution >= 4 is 29.5 Å². The molecule has 0 radical (unpaired) electrons. The summed E-state index contributed by atoms with van der Waals surface area (Å²) in [6.45, 7) is -0.258. The summed E-state index contributed by atoms with van der Waals surface area (Å²) in [5.41, 5.74) is 5.40. The number of nitrogens with one attached hydrogen (secondary N) is 2. The molecular weight excluding hydrogens is 316 g/mol. The van der Waals surface area contributed by atoms with Crippen molar-refractivity contribution < 1.29 is 14.3 Å². The number of benzene rings is 2. The summed E-state index contributed by atoms with van der Waals surface area (Å²) in [7, 11) is 0. The Labute approximate surface area is 138 Å². The van der Waals surface area contributed by atoms with Gasteiger partial charge in [0.15, 0.2) is 6.61 Å². The molecule has 0 atom stereocenters. The molecule has 118 valence electrons. The maximum atomic E-state index is 11.6. The quantitative estimate of drug-likeness (QED) is 0.654. The van der Waals surface area contributed by atoms with E-state index in [1.807, 2.05) is 30.3 Å². The summed E-state index contributed by atoms with van der Waals surface area (Å²) < 4.78 is 5.25. The molecule has 5 nitrogen and oxygen atoms in total. The van der Waals surface area contributed by atoms with Crippen LogP contribution in [0.2, 0.25) is 5.02 Å². The topological polar surface area (TPSA) is 67.4 Å². The lowest BCUT2D eigenvalue weighted by atomic mass is 10.2. The van der Waals surface area contributed by atoms with Gasteiger partial charge in [0.05, 0.1) is 5.02 Å². The highest BCUT2D eigenvalue weighted by atomic mass is 35.5. The first-order valence-electron chi connectivity index (χ1n) is 6.84. The first kappa shape index (κ1) is 16.6. The molecule has 0 spiro atoms. The van der Waals surface area contributed by atoms with Crippen molar-refractivity contribution in [1.29, 1.82) is 0 Å². The molecule has 2 aromatic rings. The SMILES string of the molecule is O=C(/C=C/c1ccccc1)NNC(=O)COc1ccccc1Cl. The molecule has 2 amide bonds. The van der Waals surface area contributed by atoms with E-state index in [0.717, 1.165) is 5.56 Å². The van der Waals surface area contributed by atoms with Gasteiger partial charge in [-0.3, -0.25) is 20.4 Å². The first-order valence-corrected chi connectivity index (χ1v) is 7.22. The predicted molar refractivity (Wildman–Crippen MR) is 88.7 cm³/mol. The molecule has 2 N–H and O–H groups in total. The van der Waals surface area contributed by atoms with Crippen molar-refractivity contribution in [2.24, 2.45) is 0 Å². The Morgan fingerprint density at radius 3 is 2.43 bits per heavy atom. The molecule has 0 aliphatic carbocycles. The molecule has 0 aliphatic rings. The fourth-order valence-electron chi connectivity index (χ4n) is 1.65. The second-order valence-corrected chi connectivity index (χ2v) is 4.91. The highest BCUT2D eigenvalue weighted by Crippen LogP contribution is 2.22. The van der Waals surface area contributed by atoms with E-state index in [9.17, 15) is 9.59 Å². The highest BCUT2D eigenvalue weighted by Gasteiger charge is 2.05. The van der Waals surface area contributed by atoms with Crippen LogP contribution in [-0.2, 0) is 9.59 Å². The van der Waals surface area contributed by atoms with Crippen LogP contribution in [0.3, 0.4) is 0 Å². The van der Waals surface area contributed by atoms with Crippen LogP contribution in [0.5, 0.6) is 5.75 Å². The zero-order valence-corrected chi connectivity index (χ0v) is 12.9. The lowest BCUT2D eigenvalue weighted by molar-refractivity contribution is -0.128. The minimum Gasteiger partial charge on any atom is -0.482 e. The van der Waals surface area contributed by atoms with Crippen molar-refractivity contribution in [2.75, 3.05) is 6.61 Å². The van der Waals surface area contributed by atoms with Crippen LogP contribution in [0.4, 0.5) is 0 Å². The van der Waals surface area contributed by atoms with Crippen LogP contribution in [0.1, 0.15) is 5.56 Å². The maximum absolute atomic E-state index is 11.6. The zero-order chi connectivity index (χ0) is 16.5. The summed E-state index contributed by atoms with van der Waals surface area (Å²) in [5, 5.41) is 0.412. The van der Waals surface area contributed by atoms with Crippen LogP contribution >= 0.6 is 11.6 Å². The van der Waals surface area contributed by atoms with Gasteiger partial charge in [0.25, 0.3) is 11.8 Å². The monoisotopic (exact) mass is 330 g/mol. The van der Waals surface area contributed by atoms with Crippen LogP contribution in [0.15, 0.2) is 60.7 Å². The molecule has 0 aromatic heterocycles. The summed E-state index contributed by atoms with van der Waals surface area (Å²) in [6, 6.07) is 16.2. The lowest BCUT2D eigenvalue weighted by Gasteiger charge is -2.08. The number of carbonyl (C=O) groups excluding carboxylic acids is 2. The number of rotatable bonds is 5. The van der Waals surface area contributed by atoms with E-state index in [1.165, 1.54) is 6.08 Å². The molecule has 0 saturated heterocycles. The van der Waals surface area contributed by atoms with Crippen LogP contribution in [0.25, 0.3) is 6.08 Å². The van der Waals surface area contributed by atoms with Crippen LogP contribution in [0, 0.1) is 0 Å². The second-order valence-electron chi connectivity index (χ2n) is 4.50. The molecular formula is C17H15ClN2O3. The number of hydrazine groups is 1. The van der Waals surface area contributed by atoms with E-state index in [1.54, 1.807) is 30.3 Å². The Morgan fingerprint density at radius 2 is 1.70 bits per heavy atom. The molecule has 0 fully saturated rings. The standard InChI is InChI=1S/C17H15ClN2O3/c18-14-8-4-5-9-15(14)23-12-17(22)20-19-16(21)11-10-13-6-2-1-3-7-13/h1-11H,12H2,(H,19,21)(H,20,22)/b11-10+. The predicted octanol–water partition coefficient (Wildman–Crippen LogP) is 2.58. The van der Waals surface area contributed by atoms with E-state index in [0.29, 0.717) is 10.8 Å². The fraction of sp³-hybridized carbons (Fsp3) is 0.0588. The van der Waals surface area contributed by atoms with Crippen LogP contribution in [-0.4, -0.2) is 18.4 Å². The van der Waals surface area contributed by atoms with E-state index in [-0.39, 0.29) is 6.61 Å². The Bertz CT molecular complexity index is 702. The smallest absolute Gasteiger partial charge is 0.276 e. The first-order chi connectivity index (χ1) is 11.1. The van der Waals surface area contributed by atoms with E-state index < -0.39 is 11.8 Å². The number of ether oxygens (including phenoxy) is 1. The largest absolute Gasteiger partial charge is 0.482 e. The van der Waals surface area contributed by atoms with Gasteiger partial charge in [0.2, 0.25) is 0 Å². The molecule has 2 aromatic carbocycles. The summed E-state index contributed by atoms with van der Waals surface area (Å²) >= 11 is 5.90. The van der Waals surface area contributed by atoms with Crippen molar-refractivity contribution in [3.63, 3.8) is 0 Å². The number of hydrogen-bond donors (Lipinski definition) is 2. The average molecular weight is 331 g/mol. The highest BCUT2D eigenvalue weighted by molar-refractivity contribution is 6.32. The normalized spacial score (nSPS) is 10.3. The molecule has 0 unspecified atom stereocenters. The lowest BCUT2D eigenvalue weighted by Crippen LogP contribution is -2.43. The molecule has 0 saturated carbocycles. The van der Waals surface area contributed by atoms with Gasteiger partial charge >= 0.3 is 0 Å². The van der Waals surface area contributed by atoms with Gasteiger partial charge in [-0.2, -0.15) is 0 Å². The van der Waals surface area contributed by atoms with Crippen LogP contribution < -0.4 is 15.6 Å². The van der Waals surface area contributed by atoms with Gasteiger partial charge in [-0.15, -0.1) is 0 Å². The van der Waals surface area contributed by atoms with Gasteiger partial charge in [0.1, 0.15) is 5.75 Å². The zero-order valence-electron chi connectivity index (χ0n) is 12.2. The second kappa shape index (κ2) is 8.60. The van der Waals surface area contributed by atoms with Crippen molar-refractivity contribution in [3.05, 3.63) is 71.3 Å². The van der Waals surface area contributed by atoms with Gasteiger partial charge in [0, 0.05) is 6.08 Å². The fourth-order valence-corrected chi connectivity index (χ4v) is 1.84. The van der Waals surface area contributed by atoms with Crippen molar-refractivity contribution in [3.8, 4) is 5.75 Å². The number of carbonyl (C=O) groups is 2. The average Bonchev–Trinajstić information content (AvgIpc) is 2.58. The summed E-state index contributed by atoms with van der Waals surface area (Å²) in [5.74, 6) is -0.536. The molecule has 0 bridgehead atoms. The summed E-state index contributed by atoms with van der Waals surface area (Å²) in [4.78, 5) is 23.2. The van der Waals surface area contributed by atoms with Crippen molar-refractivity contribution in [2.45, 2.75) is 0 Å². The van der Waals surface area contributed by atoms with E-state index >= 15 is 0 Å². The Balaban J connectivity index is 1.73. The third kappa shape index (κ3) is 5.84. The van der Waals surface area contributed by atoms with E-state index in [2.05, 4.69) is 10.9 Å². The minimum atomic E-state index is -0.494. The van der Waals surface area contributed by atoms with Gasteiger partial charge in [-0.05, 0) is 23.8 Å². The van der Waals surface area contributed by atoms with Crippen molar-refractivity contribution in [1.82, 2.24) is 10.9 Å². The third-order valence-electron chi connectivity index (χ3n) is 2.75. The Morgan fingerprint density at radius 1 is 1.00 bits per heavy atom. The summed E-state index contributed by atoms with van der Waals surface area (Å²) in [6.07, 6.45) is 2.96. The maximum Gasteiger partial charge on any atom is 0.276 e. The Kier molecular flexibility index (Phi) is 6.20. The van der Waals surface area contributed by atoms with E-state index in [4.69, 9.17) is 16.3 Å². The van der Waals surface area contributed by atoms with Gasteiger partial charge < -0.3 is 4.74 Å². The molecule has 2 rings (SSSR count). The number of para-hydroxylation sites is 1. The molecule has 0 heterocycles. The Hall–Kier alpha value is -2.79. The third-order valence-corrected chi connectivity index (χ3v) is 3.06. The molecule has 6 heteroatoms. The molecule has 23 heavy (non-hydrogen) atoms. The van der Waals surface area contributed by atoms with Gasteiger partial charge in [-0.25, -0.2) is 0 Å². The number of hydrogen-bond acceptors (Lipinski definition) is 3.